The van der Waals surface area contributed by atoms with Gasteiger partial charge in [0, 0.05) is 43.0 Å². The van der Waals surface area contributed by atoms with Crippen molar-refractivity contribution in [1.29, 1.82) is 0 Å². The standard InChI is InChI=1S/C35H39FN6O2/c1-20-5-2-6-21-13-25(43)14-26(29(20)21)31-30(36)32-27(16-37-31)33(41-17-23-9-10-24(18-41)38-23)40-34(39-32)44-19-35-11-4-12-42(35)28-8-3-7-22(28)15-35/h2,5-6,13-14,16,22-24,28,38,43H,3-4,7-12,15,17-19H2,1H3/t22-,23?,24?,28-,35-/m1/s1. The van der Waals surface area contributed by atoms with Gasteiger partial charge in [-0.2, -0.15) is 9.97 Å². The van der Waals surface area contributed by atoms with Crippen molar-refractivity contribution in [1.82, 2.24) is 25.2 Å². The molecule has 0 spiro atoms. The Hall–Kier alpha value is -3.56. The van der Waals surface area contributed by atoms with Crippen LogP contribution in [-0.2, 0) is 0 Å². The third-order valence-electron chi connectivity index (χ3n) is 11.4. The number of anilines is 1. The van der Waals surface area contributed by atoms with Gasteiger partial charge in [-0.15, -0.1) is 0 Å². The second-order valence-corrected chi connectivity index (χ2v) is 14.0. The molecule has 6 heterocycles. The number of rotatable bonds is 5. The minimum Gasteiger partial charge on any atom is -0.508 e. The fraction of sp³-hybridized carbons (Fsp3) is 0.514. The summed E-state index contributed by atoms with van der Waals surface area (Å²) in [6.07, 6.45) is 11.4. The Morgan fingerprint density at radius 3 is 2.82 bits per heavy atom. The lowest BCUT2D eigenvalue weighted by Crippen LogP contribution is -2.51. The Bertz CT molecular complexity index is 1790. The fourth-order valence-corrected chi connectivity index (χ4v) is 9.53. The van der Waals surface area contributed by atoms with Gasteiger partial charge >= 0.3 is 6.01 Å². The average molecular weight is 595 g/mol. The Labute approximate surface area is 256 Å². The molecular formula is C35H39FN6O2. The van der Waals surface area contributed by atoms with Gasteiger partial charge in [-0.1, -0.05) is 24.6 Å². The highest BCUT2D eigenvalue weighted by atomic mass is 19.1. The molecule has 1 aliphatic carbocycles. The highest BCUT2D eigenvalue weighted by Crippen LogP contribution is 2.51. The van der Waals surface area contributed by atoms with Gasteiger partial charge in [0.2, 0.25) is 0 Å². The molecule has 1 saturated carbocycles. The molecule has 5 fully saturated rings. The lowest BCUT2D eigenvalue weighted by Gasteiger charge is -2.35. The van der Waals surface area contributed by atoms with Crippen molar-refractivity contribution >= 4 is 27.5 Å². The van der Waals surface area contributed by atoms with Crippen molar-refractivity contribution in [2.45, 2.75) is 82.0 Å². The number of benzene rings is 2. The van der Waals surface area contributed by atoms with Crippen molar-refractivity contribution in [2.24, 2.45) is 5.92 Å². The highest BCUT2D eigenvalue weighted by Gasteiger charge is 2.55. The van der Waals surface area contributed by atoms with Gasteiger partial charge in [0.05, 0.1) is 10.9 Å². The lowest BCUT2D eigenvalue weighted by molar-refractivity contribution is 0.0832. The molecule has 2 bridgehead atoms. The number of ether oxygens (including phenoxy) is 1. The van der Waals surface area contributed by atoms with Crippen LogP contribution in [0, 0.1) is 18.7 Å². The Kier molecular flexibility index (Phi) is 6.08. The van der Waals surface area contributed by atoms with Gasteiger partial charge in [-0.25, -0.2) is 4.39 Å². The summed E-state index contributed by atoms with van der Waals surface area (Å²) in [6, 6.07) is 10.9. The summed E-state index contributed by atoms with van der Waals surface area (Å²) in [5.74, 6) is 1.02. The van der Waals surface area contributed by atoms with E-state index < -0.39 is 5.82 Å². The monoisotopic (exact) mass is 594 g/mol. The van der Waals surface area contributed by atoms with Crippen LogP contribution in [0.1, 0.15) is 56.9 Å². The number of phenolic OH excluding ortho intramolecular Hbond substituents is 1. The maximum absolute atomic E-state index is 16.8. The molecule has 2 aromatic carbocycles. The van der Waals surface area contributed by atoms with E-state index in [1.807, 2.05) is 25.1 Å². The van der Waals surface area contributed by atoms with Crippen LogP contribution in [0.2, 0.25) is 0 Å². The van der Waals surface area contributed by atoms with E-state index >= 15 is 4.39 Å². The zero-order valence-corrected chi connectivity index (χ0v) is 25.2. The maximum Gasteiger partial charge on any atom is 0.319 e. The maximum atomic E-state index is 16.8. The minimum atomic E-state index is -0.514. The molecule has 5 atom stereocenters. The molecule has 5 aliphatic rings. The molecule has 0 radical (unpaired) electrons. The fourth-order valence-electron chi connectivity index (χ4n) is 9.53. The summed E-state index contributed by atoms with van der Waals surface area (Å²) in [6.45, 7) is 5.29. The molecule has 0 amide bonds. The summed E-state index contributed by atoms with van der Waals surface area (Å²) in [5.41, 5.74) is 1.97. The Morgan fingerprint density at radius 2 is 1.95 bits per heavy atom. The van der Waals surface area contributed by atoms with Crippen LogP contribution in [-0.4, -0.2) is 74.9 Å². The van der Waals surface area contributed by atoms with E-state index in [0.717, 1.165) is 61.2 Å². The Balaban J connectivity index is 1.16. The third kappa shape index (κ3) is 4.11. The van der Waals surface area contributed by atoms with E-state index in [4.69, 9.17) is 14.7 Å². The van der Waals surface area contributed by atoms with Gasteiger partial charge in [0.25, 0.3) is 0 Å². The van der Waals surface area contributed by atoms with E-state index in [1.165, 1.54) is 32.1 Å². The Morgan fingerprint density at radius 1 is 1.09 bits per heavy atom. The number of fused-ring (bicyclic) bond motifs is 7. The van der Waals surface area contributed by atoms with Gasteiger partial charge < -0.3 is 20.1 Å². The number of nitrogens with zero attached hydrogens (tertiary/aromatic N) is 5. The van der Waals surface area contributed by atoms with Crippen molar-refractivity contribution in [2.75, 3.05) is 31.1 Å². The minimum absolute atomic E-state index is 0.0301. The van der Waals surface area contributed by atoms with Gasteiger partial charge in [-0.3, -0.25) is 9.88 Å². The summed E-state index contributed by atoms with van der Waals surface area (Å²) in [7, 11) is 0. The first-order valence-corrected chi connectivity index (χ1v) is 16.5. The molecule has 4 saturated heterocycles. The summed E-state index contributed by atoms with van der Waals surface area (Å²) >= 11 is 0. The van der Waals surface area contributed by atoms with Gasteiger partial charge in [-0.05, 0) is 92.8 Å². The van der Waals surface area contributed by atoms with Crippen LogP contribution in [0.5, 0.6) is 11.8 Å². The normalized spacial score (nSPS) is 29.5. The summed E-state index contributed by atoms with van der Waals surface area (Å²) in [4.78, 5) is 19.4. The zero-order chi connectivity index (χ0) is 29.6. The second kappa shape index (κ2) is 9.97. The molecule has 9 heteroatoms. The second-order valence-electron chi connectivity index (χ2n) is 14.0. The van der Waals surface area contributed by atoms with Gasteiger partial charge in [0.15, 0.2) is 5.82 Å². The van der Waals surface area contributed by atoms with Crippen molar-refractivity contribution in [3.8, 4) is 23.0 Å². The van der Waals surface area contributed by atoms with Gasteiger partial charge in [0.1, 0.15) is 29.4 Å². The number of phenols is 1. The highest BCUT2D eigenvalue weighted by molar-refractivity contribution is 6.01. The molecule has 228 valence electrons. The average Bonchev–Trinajstić information content (AvgIpc) is 3.77. The molecule has 9 rings (SSSR count). The predicted octanol–water partition coefficient (Wildman–Crippen LogP) is 5.72. The van der Waals surface area contributed by atoms with Crippen LogP contribution < -0.4 is 15.0 Å². The van der Waals surface area contributed by atoms with Crippen LogP contribution in [0.4, 0.5) is 10.2 Å². The molecule has 2 aromatic heterocycles. The lowest BCUT2D eigenvalue weighted by atomic mass is 9.90. The van der Waals surface area contributed by atoms with Crippen LogP contribution >= 0.6 is 0 Å². The SMILES string of the molecule is Cc1cccc2cc(O)cc(-c3ncc4c(N5CC6CCC(C5)N6)nc(OC[C@]56CCCN5[C@@H]5CCC[C@@H]5C6)nc4c3F)c12. The number of pyridine rings is 1. The number of aromatic hydroxyl groups is 1. The first-order valence-electron chi connectivity index (χ1n) is 16.5. The van der Waals surface area contributed by atoms with Crippen molar-refractivity contribution < 1.29 is 14.2 Å². The summed E-state index contributed by atoms with van der Waals surface area (Å²) in [5, 5.41) is 16.6. The van der Waals surface area contributed by atoms with E-state index in [9.17, 15) is 5.11 Å². The number of halogens is 1. The number of aromatic nitrogens is 3. The first-order chi connectivity index (χ1) is 21.5. The molecule has 2 N–H and O–H groups in total. The molecule has 44 heavy (non-hydrogen) atoms. The van der Waals surface area contributed by atoms with Crippen LogP contribution in [0.15, 0.2) is 36.5 Å². The topological polar surface area (TPSA) is 86.6 Å². The number of hydrogen-bond acceptors (Lipinski definition) is 8. The number of nitrogens with one attached hydrogen (secondary N) is 1. The van der Waals surface area contributed by atoms with E-state index in [1.54, 1.807) is 18.3 Å². The number of piperazine rings is 1. The molecule has 4 aliphatic heterocycles. The molecule has 8 nitrogen and oxygen atoms in total. The zero-order valence-electron chi connectivity index (χ0n) is 25.2. The third-order valence-corrected chi connectivity index (χ3v) is 11.4. The number of aryl methyl sites for hydroxylation is 1. The van der Waals surface area contributed by atoms with Crippen LogP contribution in [0.3, 0.4) is 0 Å². The molecule has 2 unspecified atom stereocenters. The first kappa shape index (κ1) is 26.8. The van der Waals surface area contributed by atoms with Crippen molar-refractivity contribution in [3.63, 3.8) is 0 Å². The smallest absolute Gasteiger partial charge is 0.319 e. The molecule has 4 aromatic rings. The summed E-state index contributed by atoms with van der Waals surface area (Å²) < 4.78 is 23.4. The largest absolute Gasteiger partial charge is 0.508 e. The van der Waals surface area contributed by atoms with Crippen molar-refractivity contribution in [3.05, 3.63) is 47.9 Å². The molecular weight excluding hydrogens is 555 g/mol. The van der Waals surface area contributed by atoms with E-state index in [-0.39, 0.29) is 28.5 Å². The number of hydrogen-bond donors (Lipinski definition) is 2. The van der Waals surface area contributed by atoms with Crippen LogP contribution in [0.25, 0.3) is 32.9 Å². The quantitative estimate of drug-likeness (QED) is 0.303. The van der Waals surface area contributed by atoms with E-state index in [2.05, 4.69) is 20.1 Å². The van der Waals surface area contributed by atoms with E-state index in [0.29, 0.717) is 41.5 Å². The predicted molar refractivity (Wildman–Crippen MR) is 169 cm³/mol.